The molecule has 178 valence electrons. The normalized spacial score (nSPS) is 17.3. The van der Waals surface area contributed by atoms with Crippen LogP contribution in [0.5, 0.6) is 0 Å². The van der Waals surface area contributed by atoms with Gasteiger partial charge in [-0.25, -0.2) is 4.68 Å². The molecule has 2 aromatic heterocycles. The summed E-state index contributed by atoms with van der Waals surface area (Å²) < 4.78 is 7.62. The Balaban J connectivity index is 1.65. The number of fused-ring (bicyclic) bond motifs is 1. The third kappa shape index (κ3) is 5.31. The monoisotopic (exact) mass is 454 g/mol. The summed E-state index contributed by atoms with van der Waals surface area (Å²) in [5.74, 6) is 0.773. The maximum atomic E-state index is 13.0. The smallest absolute Gasteiger partial charge is 0.252 e. The lowest BCUT2D eigenvalue weighted by Gasteiger charge is -2.30. The zero-order valence-corrected chi connectivity index (χ0v) is 19.8. The molecule has 0 amide bonds. The minimum absolute atomic E-state index is 0.0813. The maximum Gasteiger partial charge on any atom is 0.252 e. The number of ether oxygens (including phenoxy) is 1. The number of aryl methyl sites for hydroxylation is 2. The fourth-order valence-electron chi connectivity index (χ4n) is 4.84. The molecule has 2 atom stereocenters. The summed E-state index contributed by atoms with van der Waals surface area (Å²) in [6.07, 6.45) is 3.58. The van der Waals surface area contributed by atoms with Crippen molar-refractivity contribution in [2.75, 3.05) is 19.8 Å². The Morgan fingerprint density at radius 2 is 2.18 bits per heavy atom. The summed E-state index contributed by atoms with van der Waals surface area (Å²) in [5, 5.41) is 23.1. The number of H-pyrrole nitrogens is 1. The van der Waals surface area contributed by atoms with E-state index >= 15 is 0 Å². The number of hydrogen-bond donors (Lipinski definition) is 2. The zero-order valence-electron chi connectivity index (χ0n) is 19.8. The minimum Gasteiger partial charge on any atom is -0.396 e. The quantitative estimate of drug-likeness (QED) is 0.485. The molecule has 0 unspecified atom stereocenters. The molecule has 3 heterocycles. The SMILES string of the molecule is CC[C@@H](c1nnnn1C[C@@H]1CCCO1)N(CCCO)Cc1cc2c(C)cc(C)cc2[nH]c1=O. The number of pyridine rings is 1. The first-order valence-corrected chi connectivity index (χ1v) is 11.9. The first kappa shape index (κ1) is 23.5. The van der Waals surface area contributed by atoms with Crippen LogP contribution in [0.25, 0.3) is 10.9 Å². The molecule has 0 bridgehead atoms. The van der Waals surface area contributed by atoms with Crippen molar-refractivity contribution in [1.82, 2.24) is 30.1 Å². The minimum atomic E-state index is -0.0877. The van der Waals surface area contributed by atoms with Crippen LogP contribution in [-0.2, 0) is 17.8 Å². The molecule has 0 spiro atoms. The number of nitrogens with one attached hydrogen (secondary N) is 1. The molecule has 4 rings (SSSR count). The van der Waals surface area contributed by atoms with Gasteiger partial charge >= 0.3 is 0 Å². The number of aromatic amines is 1. The van der Waals surface area contributed by atoms with Crippen molar-refractivity contribution >= 4 is 10.9 Å². The van der Waals surface area contributed by atoms with Gasteiger partial charge in [0.15, 0.2) is 5.82 Å². The van der Waals surface area contributed by atoms with E-state index in [4.69, 9.17) is 4.74 Å². The number of aliphatic hydroxyl groups is 1. The maximum absolute atomic E-state index is 13.0. The number of rotatable bonds is 10. The van der Waals surface area contributed by atoms with Crippen LogP contribution in [0.4, 0.5) is 0 Å². The Morgan fingerprint density at radius 3 is 2.91 bits per heavy atom. The van der Waals surface area contributed by atoms with Gasteiger partial charge in [-0.3, -0.25) is 9.69 Å². The van der Waals surface area contributed by atoms with E-state index in [0.717, 1.165) is 53.7 Å². The van der Waals surface area contributed by atoms with Crippen LogP contribution in [0.15, 0.2) is 23.0 Å². The van der Waals surface area contributed by atoms with E-state index in [1.165, 1.54) is 0 Å². The largest absolute Gasteiger partial charge is 0.396 e. The van der Waals surface area contributed by atoms with Gasteiger partial charge in [0.2, 0.25) is 0 Å². The highest BCUT2D eigenvalue weighted by Gasteiger charge is 2.27. The van der Waals surface area contributed by atoms with Crippen molar-refractivity contribution in [1.29, 1.82) is 0 Å². The lowest BCUT2D eigenvalue weighted by atomic mass is 10.0. The van der Waals surface area contributed by atoms with E-state index in [1.807, 2.05) is 23.7 Å². The van der Waals surface area contributed by atoms with Gasteiger partial charge < -0.3 is 14.8 Å². The number of tetrazole rings is 1. The third-order valence-corrected chi connectivity index (χ3v) is 6.45. The highest BCUT2D eigenvalue weighted by molar-refractivity contribution is 5.83. The fraction of sp³-hybridized carbons (Fsp3) is 0.583. The Bertz CT molecular complexity index is 1130. The Kier molecular flexibility index (Phi) is 7.52. The topological polar surface area (TPSA) is 109 Å². The van der Waals surface area contributed by atoms with Gasteiger partial charge in [-0.05, 0) is 73.2 Å². The lowest BCUT2D eigenvalue weighted by molar-refractivity contribution is 0.0888. The number of aromatic nitrogens is 5. The summed E-state index contributed by atoms with van der Waals surface area (Å²) in [6.45, 7) is 8.76. The summed E-state index contributed by atoms with van der Waals surface area (Å²) in [5.41, 5.74) is 3.73. The Morgan fingerprint density at radius 1 is 1.33 bits per heavy atom. The zero-order chi connectivity index (χ0) is 23.4. The summed E-state index contributed by atoms with van der Waals surface area (Å²) in [4.78, 5) is 18.2. The van der Waals surface area contributed by atoms with Crippen LogP contribution in [-0.4, -0.2) is 61.1 Å². The van der Waals surface area contributed by atoms with Gasteiger partial charge in [0.05, 0.1) is 18.7 Å². The van der Waals surface area contributed by atoms with Gasteiger partial charge in [0.1, 0.15) is 0 Å². The number of aliphatic hydroxyl groups excluding tert-OH is 1. The molecule has 1 aliphatic heterocycles. The van der Waals surface area contributed by atoms with Gasteiger partial charge in [-0.2, -0.15) is 0 Å². The fourth-order valence-corrected chi connectivity index (χ4v) is 4.84. The van der Waals surface area contributed by atoms with Crippen LogP contribution in [0, 0.1) is 13.8 Å². The Labute approximate surface area is 193 Å². The van der Waals surface area contributed by atoms with Crippen molar-refractivity contribution in [3.63, 3.8) is 0 Å². The summed E-state index contributed by atoms with van der Waals surface area (Å²) in [6, 6.07) is 6.05. The summed E-state index contributed by atoms with van der Waals surface area (Å²) in [7, 11) is 0. The van der Waals surface area contributed by atoms with Crippen LogP contribution in [0.2, 0.25) is 0 Å². The molecule has 1 aliphatic rings. The van der Waals surface area contributed by atoms with Gasteiger partial charge in [-0.1, -0.05) is 13.0 Å². The molecule has 1 aromatic carbocycles. The second-order valence-corrected chi connectivity index (χ2v) is 8.99. The van der Waals surface area contributed by atoms with E-state index in [9.17, 15) is 9.90 Å². The molecule has 3 aromatic rings. The van der Waals surface area contributed by atoms with Crippen molar-refractivity contribution < 1.29 is 9.84 Å². The van der Waals surface area contributed by atoms with Crippen LogP contribution in [0.1, 0.15) is 61.2 Å². The number of nitrogens with zero attached hydrogens (tertiary/aromatic N) is 5. The molecule has 0 saturated carbocycles. The van der Waals surface area contributed by atoms with Crippen molar-refractivity contribution in [2.45, 2.75) is 71.7 Å². The molecule has 1 saturated heterocycles. The molecular formula is C24H34N6O3. The predicted octanol–water partition coefficient (Wildman–Crippen LogP) is 2.65. The second kappa shape index (κ2) is 10.5. The molecule has 9 heteroatoms. The van der Waals surface area contributed by atoms with Crippen molar-refractivity contribution in [2.24, 2.45) is 0 Å². The lowest BCUT2D eigenvalue weighted by Crippen LogP contribution is -2.34. The average Bonchev–Trinajstić information content (AvgIpc) is 3.46. The third-order valence-electron chi connectivity index (χ3n) is 6.45. The molecule has 9 nitrogen and oxygen atoms in total. The van der Waals surface area contributed by atoms with Gasteiger partial charge in [-0.15, -0.1) is 5.10 Å². The average molecular weight is 455 g/mol. The van der Waals surface area contributed by atoms with E-state index in [0.29, 0.717) is 31.6 Å². The number of benzene rings is 1. The highest BCUT2D eigenvalue weighted by atomic mass is 16.5. The van der Waals surface area contributed by atoms with Crippen molar-refractivity contribution in [3.05, 3.63) is 51.1 Å². The van der Waals surface area contributed by atoms with E-state index in [-0.39, 0.29) is 24.3 Å². The molecule has 1 fully saturated rings. The van der Waals surface area contributed by atoms with Gasteiger partial charge in [0, 0.05) is 42.8 Å². The van der Waals surface area contributed by atoms with E-state index < -0.39 is 0 Å². The standard InChI is InChI=1S/C24H34N6O3/c1-4-22(23-26-27-28-30(23)15-19-7-5-10-33-19)29(8-6-9-31)14-18-13-20-17(3)11-16(2)12-21(20)25-24(18)32/h11-13,19,22,31H,4-10,14-15H2,1-3H3,(H,25,32)/t19-,22-/m0/s1. The van der Waals surface area contributed by atoms with Crippen LogP contribution >= 0.6 is 0 Å². The predicted molar refractivity (Wildman–Crippen MR) is 126 cm³/mol. The first-order chi connectivity index (χ1) is 16.0. The van der Waals surface area contributed by atoms with E-state index in [1.54, 1.807) is 0 Å². The van der Waals surface area contributed by atoms with Gasteiger partial charge in [0.25, 0.3) is 5.56 Å². The molecule has 33 heavy (non-hydrogen) atoms. The molecule has 0 radical (unpaired) electrons. The van der Waals surface area contributed by atoms with Crippen LogP contribution in [0.3, 0.4) is 0 Å². The van der Waals surface area contributed by atoms with Crippen LogP contribution < -0.4 is 5.56 Å². The molecular weight excluding hydrogens is 420 g/mol. The van der Waals surface area contributed by atoms with E-state index in [2.05, 4.69) is 45.3 Å². The first-order valence-electron chi connectivity index (χ1n) is 11.9. The Hall–Kier alpha value is -2.62. The summed E-state index contributed by atoms with van der Waals surface area (Å²) >= 11 is 0. The van der Waals surface area contributed by atoms with Crippen molar-refractivity contribution in [3.8, 4) is 0 Å². The second-order valence-electron chi connectivity index (χ2n) is 8.99. The number of hydrogen-bond acceptors (Lipinski definition) is 7. The molecule has 2 N–H and O–H groups in total. The highest BCUT2D eigenvalue weighted by Crippen LogP contribution is 2.26. The molecule has 0 aliphatic carbocycles.